The highest BCUT2D eigenvalue weighted by Gasteiger charge is 2.10. The van der Waals surface area contributed by atoms with E-state index in [0.29, 0.717) is 29.9 Å². The van der Waals surface area contributed by atoms with Crippen molar-refractivity contribution < 1.29 is 9.05 Å². The first-order valence-electron chi connectivity index (χ1n) is 7.53. The quantitative estimate of drug-likeness (QED) is 0.716. The van der Waals surface area contributed by atoms with Gasteiger partial charge in [0.05, 0.1) is 6.42 Å². The Labute approximate surface area is 134 Å². The second-order valence-corrected chi connectivity index (χ2v) is 5.34. The molecule has 23 heavy (non-hydrogen) atoms. The van der Waals surface area contributed by atoms with E-state index in [1.54, 1.807) is 6.92 Å². The second-order valence-electron chi connectivity index (χ2n) is 5.34. The molecule has 2 heterocycles. The van der Waals surface area contributed by atoms with Gasteiger partial charge in [-0.05, 0) is 24.5 Å². The summed E-state index contributed by atoms with van der Waals surface area (Å²) < 4.78 is 10.2. The van der Waals surface area contributed by atoms with E-state index in [4.69, 9.17) is 9.05 Å². The molecular weight excluding hydrogens is 292 g/mol. The van der Waals surface area contributed by atoms with Crippen LogP contribution >= 0.6 is 0 Å². The third kappa shape index (κ3) is 3.71. The molecule has 0 aliphatic rings. The topological polar surface area (TPSA) is 77.8 Å². The second kappa shape index (κ2) is 6.56. The molecule has 0 spiro atoms. The monoisotopic (exact) mass is 310 g/mol. The molecule has 2 aromatic heterocycles. The van der Waals surface area contributed by atoms with Crippen LogP contribution in [0.1, 0.15) is 47.9 Å². The number of nitrogens with zero attached hydrogens (tertiary/aromatic N) is 4. The highest BCUT2D eigenvalue weighted by molar-refractivity contribution is 5.79. The zero-order valence-electron chi connectivity index (χ0n) is 13.4. The van der Waals surface area contributed by atoms with E-state index >= 15 is 0 Å². The van der Waals surface area contributed by atoms with Gasteiger partial charge in [-0.25, -0.2) is 0 Å². The molecule has 6 nitrogen and oxygen atoms in total. The minimum atomic E-state index is 0.390. The number of hydrogen-bond donors (Lipinski definition) is 0. The molecule has 0 saturated heterocycles. The maximum absolute atomic E-state index is 5.30. The van der Waals surface area contributed by atoms with Crippen LogP contribution in [0.4, 0.5) is 0 Å². The molecule has 0 amide bonds. The molecule has 0 unspecified atom stereocenters. The molecule has 0 fully saturated rings. The number of rotatable bonds is 5. The summed E-state index contributed by atoms with van der Waals surface area (Å²) in [6.45, 7) is 5.92. The van der Waals surface area contributed by atoms with Gasteiger partial charge >= 0.3 is 0 Å². The number of benzene rings is 1. The Morgan fingerprint density at radius 3 is 2.35 bits per heavy atom. The van der Waals surface area contributed by atoms with Gasteiger partial charge in [0.25, 0.3) is 5.89 Å². The van der Waals surface area contributed by atoms with Crippen LogP contribution in [-0.4, -0.2) is 20.3 Å². The molecule has 0 radical (unpaired) electrons. The van der Waals surface area contributed by atoms with Gasteiger partial charge in [0.2, 0.25) is 5.89 Å². The summed E-state index contributed by atoms with van der Waals surface area (Å²) >= 11 is 0. The zero-order valence-corrected chi connectivity index (χ0v) is 13.4. The van der Waals surface area contributed by atoms with Crippen molar-refractivity contribution in [3.05, 3.63) is 58.8 Å². The zero-order chi connectivity index (χ0) is 16.2. The van der Waals surface area contributed by atoms with Crippen LogP contribution in [0.5, 0.6) is 0 Å². The number of allylic oxidation sites excluding steroid dienone is 1. The Kier molecular flexibility index (Phi) is 4.32. The Morgan fingerprint density at radius 2 is 1.70 bits per heavy atom. The maximum Gasteiger partial charge on any atom is 0.250 e. The molecule has 1 aromatic carbocycles. The van der Waals surface area contributed by atoms with E-state index in [1.807, 2.05) is 6.08 Å². The average Bonchev–Trinajstić information content (AvgIpc) is 3.15. The van der Waals surface area contributed by atoms with Crippen LogP contribution in [0.3, 0.4) is 0 Å². The molecule has 3 aromatic rings. The van der Waals surface area contributed by atoms with Crippen LogP contribution in [-0.2, 0) is 6.42 Å². The SMILES string of the molecule is CC/C(=C/c1nc(Cc2noc(C)n2)no1)c1ccc(C)cc1. The first kappa shape index (κ1) is 15.1. The molecule has 0 N–H and O–H groups in total. The van der Waals surface area contributed by atoms with Crippen molar-refractivity contribution in [2.75, 3.05) is 0 Å². The third-order valence-electron chi connectivity index (χ3n) is 3.47. The molecule has 0 aliphatic carbocycles. The van der Waals surface area contributed by atoms with Crippen molar-refractivity contribution in [2.45, 2.75) is 33.6 Å². The molecular formula is C17H18N4O2. The maximum atomic E-state index is 5.30. The Hall–Kier alpha value is -2.76. The molecule has 6 heteroatoms. The van der Waals surface area contributed by atoms with Gasteiger partial charge in [0, 0.05) is 13.0 Å². The minimum Gasteiger partial charge on any atom is -0.340 e. The summed E-state index contributed by atoms with van der Waals surface area (Å²) in [5.41, 5.74) is 3.54. The summed E-state index contributed by atoms with van der Waals surface area (Å²) in [6.07, 6.45) is 3.19. The van der Waals surface area contributed by atoms with E-state index in [-0.39, 0.29) is 0 Å². The van der Waals surface area contributed by atoms with E-state index in [2.05, 4.69) is 58.4 Å². The van der Waals surface area contributed by atoms with Gasteiger partial charge in [-0.3, -0.25) is 0 Å². The fourth-order valence-corrected chi connectivity index (χ4v) is 2.26. The van der Waals surface area contributed by atoms with Gasteiger partial charge in [0.1, 0.15) is 0 Å². The van der Waals surface area contributed by atoms with Crippen molar-refractivity contribution in [2.24, 2.45) is 0 Å². The number of aryl methyl sites for hydroxylation is 2. The van der Waals surface area contributed by atoms with Crippen LogP contribution in [0, 0.1) is 13.8 Å². The summed E-state index contributed by atoms with van der Waals surface area (Å²) in [4.78, 5) is 8.50. The lowest BCUT2D eigenvalue weighted by Crippen LogP contribution is -1.93. The smallest absolute Gasteiger partial charge is 0.250 e. The lowest BCUT2D eigenvalue weighted by atomic mass is 10.0. The highest BCUT2D eigenvalue weighted by Crippen LogP contribution is 2.21. The Bertz CT molecular complexity index is 815. The van der Waals surface area contributed by atoms with Crippen molar-refractivity contribution in [3.63, 3.8) is 0 Å². The fraction of sp³-hybridized carbons (Fsp3) is 0.294. The van der Waals surface area contributed by atoms with Crippen molar-refractivity contribution in [1.29, 1.82) is 0 Å². The predicted molar refractivity (Wildman–Crippen MR) is 85.5 cm³/mol. The third-order valence-corrected chi connectivity index (χ3v) is 3.47. The van der Waals surface area contributed by atoms with Gasteiger partial charge in [0.15, 0.2) is 11.6 Å². The van der Waals surface area contributed by atoms with Crippen molar-refractivity contribution >= 4 is 11.6 Å². The van der Waals surface area contributed by atoms with E-state index in [9.17, 15) is 0 Å². The van der Waals surface area contributed by atoms with Crippen LogP contribution < -0.4 is 0 Å². The summed E-state index contributed by atoms with van der Waals surface area (Å²) in [5.74, 6) is 2.10. The highest BCUT2D eigenvalue weighted by atomic mass is 16.5. The summed E-state index contributed by atoms with van der Waals surface area (Å²) in [7, 11) is 0. The standard InChI is InChI=1S/C17H18N4O2/c1-4-13(14-7-5-11(2)6-8-14)9-17-19-16(21-23-17)10-15-18-12(3)22-20-15/h5-9H,4,10H2,1-3H3/b13-9-. The van der Waals surface area contributed by atoms with Gasteiger partial charge < -0.3 is 9.05 Å². The molecule has 3 rings (SSSR count). The predicted octanol–water partition coefficient (Wildman–Crippen LogP) is 3.61. The largest absolute Gasteiger partial charge is 0.340 e. The van der Waals surface area contributed by atoms with Crippen LogP contribution in [0.2, 0.25) is 0 Å². The van der Waals surface area contributed by atoms with Crippen molar-refractivity contribution in [3.8, 4) is 0 Å². The Morgan fingerprint density at radius 1 is 1.00 bits per heavy atom. The molecule has 0 atom stereocenters. The van der Waals surface area contributed by atoms with Crippen LogP contribution in [0.15, 0.2) is 33.3 Å². The fourth-order valence-electron chi connectivity index (χ4n) is 2.26. The normalized spacial score (nSPS) is 11.9. The van der Waals surface area contributed by atoms with Gasteiger partial charge in [-0.15, -0.1) is 0 Å². The Balaban J connectivity index is 1.79. The lowest BCUT2D eigenvalue weighted by Gasteiger charge is -2.04. The summed E-state index contributed by atoms with van der Waals surface area (Å²) in [6, 6.07) is 8.39. The van der Waals surface area contributed by atoms with Gasteiger partial charge in [-0.2, -0.15) is 9.97 Å². The molecule has 0 bridgehead atoms. The molecule has 0 aliphatic heterocycles. The number of hydrogen-bond acceptors (Lipinski definition) is 6. The van der Waals surface area contributed by atoms with Crippen molar-refractivity contribution in [1.82, 2.24) is 20.3 Å². The van der Waals surface area contributed by atoms with E-state index in [1.165, 1.54) is 5.56 Å². The molecule has 0 saturated carbocycles. The first-order valence-corrected chi connectivity index (χ1v) is 7.53. The summed E-state index contributed by atoms with van der Waals surface area (Å²) in [5, 5.41) is 7.79. The average molecular weight is 310 g/mol. The number of aromatic nitrogens is 4. The van der Waals surface area contributed by atoms with E-state index < -0.39 is 0 Å². The minimum absolute atomic E-state index is 0.390. The lowest BCUT2D eigenvalue weighted by molar-refractivity contribution is 0.386. The first-order chi connectivity index (χ1) is 11.1. The van der Waals surface area contributed by atoms with Crippen LogP contribution in [0.25, 0.3) is 11.6 Å². The molecule has 118 valence electrons. The van der Waals surface area contributed by atoms with Gasteiger partial charge in [-0.1, -0.05) is 47.1 Å². The van der Waals surface area contributed by atoms with E-state index in [0.717, 1.165) is 17.6 Å².